The van der Waals surface area contributed by atoms with E-state index in [1.165, 1.54) is 94.2 Å². The van der Waals surface area contributed by atoms with Gasteiger partial charge in [0.15, 0.2) is 0 Å². The molecular formula is C68H49N. The molecule has 0 N–H and O–H groups in total. The molecule has 0 bridgehead atoms. The van der Waals surface area contributed by atoms with E-state index in [1.54, 1.807) is 0 Å². The van der Waals surface area contributed by atoms with Gasteiger partial charge in [-0.05, 0) is 148 Å². The number of hydrogen-bond acceptors (Lipinski definition) is 1. The van der Waals surface area contributed by atoms with E-state index in [-0.39, 0.29) is 5.41 Å². The Morgan fingerprint density at radius 1 is 0.275 bits per heavy atom. The monoisotopic (exact) mass is 879 g/mol. The Morgan fingerprint density at radius 2 is 0.768 bits per heavy atom. The molecule has 11 aromatic carbocycles. The molecule has 0 saturated heterocycles. The fourth-order valence-electron chi connectivity index (χ4n) is 11.9. The molecule has 2 aliphatic carbocycles. The van der Waals surface area contributed by atoms with E-state index in [0.717, 1.165) is 22.6 Å². The van der Waals surface area contributed by atoms with Gasteiger partial charge in [0.2, 0.25) is 0 Å². The molecule has 0 fully saturated rings. The molecule has 326 valence electrons. The summed E-state index contributed by atoms with van der Waals surface area (Å²) in [4.78, 5) is 2.45. The molecule has 0 unspecified atom stereocenters. The smallest absolute Gasteiger partial charge is 0.0714 e. The second-order valence-corrected chi connectivity index (χ2v) is 19.2. The molecule has 1 heteroatoms. The van der Waals surface area contributed by atoms with E-state index < -0.39 is 5.41 Å². The topological polar surface area (TPSA) is 3.24 Å². The van der Waals surface area contributed by atoms with Crippen LogP contribution >= 0.6 is 0 Å². The maximum absolute atomic E-state index is 2.47. The van der Waals surface area contributed by atoms with E-state index in [1.807, 2.05) is 0 Å². The highest BCUT2D eigenvalue weighted by atomic mass is 15.1. The fraction of sp³-hybridized carbons (Fsp3) is 0.0588. The lowest BCUT2D eigenvalue weighted by atomic mass is 9.67. The van der Waals surface area contributed by atoms with Gasteiger partial charge in [-0.15, -0.1) is 0 Å². The minimum absolute atomic E-state index is 0.0694. The Hall–Kier alpha value is -8.52. The van der Waals surface area contributed by atoms with Crippen molar-refractivity contribution in [2.75, 3.05) is 4.90 Å². The van der Waals surface area contributed by atoms with Gasteiger partial charge >= 0.3 is 0 Å². The van der Waals surface area contributed by atoms with Crippen LogP contribution in [0.15, 0.2) is 261 Å². The average Bonchev–Trinajstić information content (AvgIpc) is 3.84. The summed E-state index contributed by atoms with van der Waals surface area (Å²) in [6.45, 7) is 4.71. The minimum Gasteiger partial charge on any atom is -0.310 e. The molecule has 0 amide bonds. The predicted octanol–water partition coefficient (Wildman–Crippen LogP) is 18.0. The summed E-state index contributed by atoms with van der Waals surface area (Å²) in [5, 5.41) is 2.51. The van der Waals surface area contributed by atoms with Gasteiger partial charge in [-0.25, -0.2) is 0 Å². The van der Waals surface area contributed by atoms with Crippen molar-refractivity contribution in [2.24, 2.45) is 0 Å². The Bertz CT molecular complexity index is 3700. The van der Waals surface area contributed by atoms with Crippen LogP contribution in [-0.4, -0.2) is 0 Å². The molecule has 0 saturated carbocycles. The molecule has 0 aliphatic heterocycles. The van der Waals surface area contributed by atoms with Crippen molar-refractivity contribution < 1.29 is 0 Å². The van der Waals surface area contributed by atoms with Gasteiger partial charge < -0.3 is 4.90 Å². The lowest BCUT2D eigenvalue weighted by Gasteiger charge is -2.35. The lowest BCUT2D eigenvalue weighted by Crippen LogP contribution is -2.28. The predicted molar refractivity (Wildman–Crippen MR) is 290 cm³/mol. The Labute approximate surface area is 405 Å². The highest BCUT2D eigenvalue weighted by Crippen LogP contribution is 2.57. The van der Waals surface area contributed by atoms with Gasteiger partial charge in [-0.1, -0.05) is 226 Å². The van der Waals surface area contributed by atoms with Crippen molar-refractivity contribution in [3.8, 4) is 55.6 Å². The van der Waals surface area contributed by atoms with Crippen molar-refractivity contribution in [1.82, 2.24) is 0 Å². The van der Waals surface area contributed by atoms with Gasteiger partial charge in [0.1, 0.15) is 0 Å². The van der Waals surface area contributed by atoms with E-state index in [0.29, 0.717) is 0 Å². The van der Waals surface area contributed by atoms with E-state index in [9.17, 15) is 0 Å². The number of fused-ring (bicyclic) bond motifs is 7. The van der Waals surface area contributed by atoms with E-state index in [2.05, 4.69) is 280 Å². The molecule has 2 aliphatic rings. The summed E-state index contributed by atoms with van der Waals surface area (Å²) < 4.78 is 0. The summed E-state index contributed by atoms with van der Waals surface area (Å²) in [6, 6.07) is 96.8. The van der Waals surface area contributed by atoms with Crippen molar-refractivity contribution in [3.05, 3.63) is 294 Å². The third-order valence-electron chi connectivity index (χ3n) is 15.1. The largest absolute Gasteiger partial charge is 0.310 e. The van der Waals surface area contributed by atoms with Crippen LogP contribution in [0.5, 0.6) is 0 Å². The number of nitrogens with zero attached hydrogens (tertiary/aromatic N) is 1. The van der Waals surface area contributed by atoms with Gasteiger partial charge in [-0.2, -0.15) is 0 Å². The zero-order valence-electron chi connectivity index (χ0n) is 38.8. The normalized spacial score (nSPS) is 13.6. The number of rotatable bonds is 8. The maximum Gasteiger partial charge on any atom is 0.0714 e. The van der Waals surface area contributed by atoms with Crippen LogP contribution in [0.1, 0.15) is 47.2 Å². The standard InChI is InChI=1S/C68H49N/c1-67(2)63-32-13-11-29-59(63)61-40-36-50(44-65(61)67)46-34-37-54(38-35-46)69(55-27-16-21-49(43-55)48-20-15-22-51(42-48)58-31-17-19-47-18-9-10-28-57(47)58)56-39-41-62-60-30-12-14-33-64(60)68(66(62)45-56,52-23-5-3-6-24-52)53-25-7-4-8-26-53/h3-45H,1-2H3. The first kappa shape index (κ1) is 40.7. The third kappa shape index (κ3) is 6.46. The Kier molecular flexibility index (Phi) is 9.49. The second kappa shape index (κ2) is 16.1. The zero-order valence-corrected chi connectivity index (χ0v) is 38.8. The van der Waals surface area contributed by atoms with E-state index in [4.69, 9.17) is 0 Å². The van der Waals surface area contributed by atoms with Crippen molar-refractivity contribution in [3.63, 3.8) is 0 Å². The molecule has 0 heterocycles. The molecule has 13 rings (SSSR count). The molecule has 69 heavy (non-hydrogen) atoms. The zero-order chi connectivity index (χ0) is 46.1. The van der Waals surface area contributed by atoms with Crippen molar-refractivity contribution in [2.45, 2.75) is 24.7 Å². The second-order valence-electron chi connectivity index (χ2n) is 19.2. The van der Waals surface area contributed by atoms with Crippen LogP contribution < -0.4 is 4.90 Å². The molecular weight excluding hydrogens is 831 g/mol. The summed E-state index contributed by atoms with van der Waals surface area (Å²) in [6.07, 6.45) is 0. The summed E-state index contributed by atoms with van der Waals surface area (Å²) in [5.41, 5.74) is 23.0. The summed E-state index contributed by atoms with van der Waals surface area (Å²) in [7, 11) is 0. The Balaban J connectivity index is 0.974. The van der Waals surface area contributed by atoms with Crippen molar-refractivity contribution in [1.29, 1.82) is 0 Å². The molecule has 0 atom stereocenters. The van der Waals surface area contributed by atoms with Crippen LogP contribution in [0.25, 0.3) is 66.4 Å². The lowest BCUT2D eigenvalue weighted by molar-refractivity contribution is 0.660. The van der Waals surface area contributed by atoms with Crippen LogP contribution in [0.3, 0.4) is 0 Å². The number of anilines is 3. The first-order valence-electron chi connectivity index (χ1n) is 24.2. The maximum atomic E-state index is 2.47. The quantitative estimate of drug-likeness (QED) is 0.147. The van der Waals surface area contributed by atoms with Gasteiger partial charge in [0.05, 0.1) is 5.41 Å². The number of hydrogen-bond donors (Lipinski definition) is 0. The van der Waals surface area contributed by atoms with Crippen LogP contribution in [0.4, 0.5) is 17.1 Å². The first-order chi connectivity index (χ1) is 34.0. The molecule has 11 aromatic rings. The van der Waals surface area contributed by atoms with Gasteiger partial charge in [0, 0.05) is 22.5 Å². The molecule has 0 aromatic heterocycles. The molecule has 1 nitrogen and oxygen atoms in total. The molecule has 0 radical (unpaired) electrons. The summed E-state index contributed by atoms with van der Waals surface area (Å²) in [5.74, 6) is 0. The highest BCUT2D eigenvalue weighted by molar-refractivity contribution is 5.97. The Morgan fingerprint density at radius 3 is 1.54 bits per heavy atom. The van der Waals surface area contributed by atoms with Crippen LogP contribution in [-0.2, 0) is 10.8 Å². The SMILES string of the molecule is CC1(C)c2ccccc2-c2ccc(-c3ccc(N(c4cccc(-c5cccc(-c6cccc7ccccc67)c5)c4)c4ccc5c(c4)C(c4ccccc4)(c4ccccc4)c4ccccc4-5)cc3)cc21. The van der Waals surface area contributed by atoms with Crippen LogP contribution in [0.2, 0.25) is 0 Å². The third-order valence-corrected chi connectivity index (χ3v) is 15.1. The van der Waals surface area contributed by atoms with Crippen LogP contribution in [0, 0.1) is 0 Å². The molecule has 0 spiro atoms. The minimum atomic E-state index is -0.523. The first-order valence-corrected chi connectivity index (χ1v) is 24.2. The fourth-order valence-corrected chi connectivity index (χ4v) is 11.9. The average molecular weight is 880 g/mol. The highest BCUT2D eigenvalue weighted by Gasteiger charge is 2.46. The van der Waals surface area contributed by atoms with E-state index >= 15 is 0 Å². The van der Waals surface area contributed by atoms with Gasteiger partial charge in [-0.3, -0.25) is 0 Å². The van der Waals surface area contributed by atoms with Gasteiger partial charge in [0.25, 0.3) is 0 Å². The summed E-state index contributed by atoms with van der Waals surface area (Å²) >= 11 is 0. The van der Waals surface area contributed by atoms with Crippen molar-refractivity contribution >= 4 is 27.8 Å². The number of benzene rings is 11.